The molecule has 0 aliphatic carbocycles. The Labute approximate surface area is 85.4 Å². The number of fused-ring (bicyclic) bond motifs is 3. The van der Waals surface area contributed by atoms with Gasteiger partial charge in [-0.25, -0.2) is 4.98 Å². The van der Waals surface area contributed by atoms with Crippen molar-refractivity contribution >= 4 is 27.8 Å². The first-order valence-electron chi connectivity index (χ1n) is 4.61. The Kier molecular flexibility index (Phi) is 1.42. The minimum absolute atomic E-state index is 0.0206. The number of nitrogens with one attached hydrogen (secondary N) is 1. The number of benzene rings is 1. The van der Waals surface area contributed by atoms with Crippen LogP contribution in [0.5, 0.6) is 5.75 Å². The van der Waals surface area contributed by atoms with E-state index in [4.69, 9.17) is 5.73 Å². The Morgan fingerprint density at radius 1 is 1.20 bits per heavy atom. The molecule has 0 amide bonds. The van der Waals surface area contributed by atoms with E-state index in [-0.39, 0.29) is 11.6 Å². The highest BCUT2D eigenvalue weighted by Gasteiger charge is 2.07. The lowest BCUT2D eigenvalue weighted by Gasteiger charge is -1.96. The average molecular weight is 199 g/mol. The second kappa shape index (κ2) is 2.63. The minimum atomic E-state index is 0.0206. The van der Waals surface area contributed by atoms with Crippen LogP contribution in [0.1, 0.15) is 0 Å². The number of nitrogens with two attached hydrogens (primary N) is 1. The smallest absolute Gasteiger partial charge is 0.168 e. The molecule has 0 fully saturated rings. The molecule has 4 nitrogen and oxygen atoms in total. The molecule has 0 spiro atoms. The molecule has 0 atom stereocenters. The Hall–Kier alpha value is -2.23. The number of aromatic hydroxyl groups is 1. The first kappa shape index (κ1) is 8.11. The first-order chi connectivity index (χ1) is 7.25. The van der Waals surface area contributed by atoms with Gasteiger partial charge in [0.25, 0.3) is 0 Å². The zero-order valence-corrected chi connectivity index (χ0v) is 7.86. The second-order valence-electron chi connectivity index (χ2n) is 3.46. The molecule has 15 heavy (non-hydrogen) atoms. The number of rotatable bonds is 0. The van der Waals surface area contributed by atoms with E-state index in [2.05, 4.69) is 9.97 Å². The van der Waals surface area contributed by atoms with Crippen LogP contribution in [-0.2, 0) is 0 Å². The van der Waals surface area contributed by atoms with Crippen molar-refractivity contribution in [1.82, 2.24) is 9.97 Å². The molecule has 3 aromatic rings. The Balaban J connectivity index is 2.56. The topological polar surface area (TPSA) is 74.9 Å². The Morgan fingerprint density at radius 2 is 2.00 bits per heavy atom. The van der Waals surface area contributed by atoms with Crippen LogP contribution < -0.4 is 5.73 Å². The summed E-state index contributed by atoms with van der Waals surface area (Å²) in [5, 5.41) is 11.4. The molecule has 2 aromatic heterocycles. The maximum atomic E-state index is 9.49. The van der Waals surface area contributed by atoms with E-state index in [0.29, 0.717) is 5.65 Å². The lowest BCUT2D eigenvalue weighted by atomic mass is 10.2. The van der Waals surface area contributed by atoms with Crippen molar-refractivity contribution in [3.8, 4) is 5.75 Å². The third-order valence-electron chi connectivity index (χ3n) is 2.50. The van der Waals surface area contributed by atoms with Crippen LogP contribution in [0.15, 0.2) is 30.3 Å². The van der Waals surface area contributed by atoms with Crippen LogP contribution in [0.3, 0.4) is 0 Å². The zero-order valence-electron chi connectivity index (χ0n) is 7.86. The summed E-state index contributed by atoms with van der Waals surface area (Å²) in [5.41, 5.74) is 7.22. The molecule has 0 aliphatic rings. The van der Waals surface area contributed by atoms with Crippen molar-refractivity contribution in [2.24, 2.45) is 0 Å². The number of hydrogen-bond donors (Lipinski definition) is 3. The fraction of sp³-hybridized carbons (Fsp3) is 0. The van der Waals surface area contributed by atoms with E-state index >= 15 is 0 Å². The summed E-state index contributed by atoms with van der Waals surface area (Å²) >= 11 is 0. The third-order valence-corrected chi connectivity index (χ3v) is 2.50. The molecule has 0 saturated carbocycles. The van der Waals surface area contributed by atoms with Crippen LogP contribution >= 0.6 is 0 Å². The standard InChI is InChI=1S/C11H9N3O/c12-10-9(15)5-7-6-3-1-2-4-8(6)13-11(7)14-10/h1-5,15H,(H3,12,13,14). The van der Waals surface area contributed by atoms with Crippen molar-refractivity contribution in [3.05, 3.63) is 30.3 Å². The summed E-state index contributed by atoms with van der Waals surface area (Å²) in [6, 6.07) is 9.47. The molecule has 74 valence electrons. The number of pyridine rings is 1. The van der Waals surface area contributed by atoms with E-state index in [1.54, 1.807) is 6.07 Å². The molecular weight excluding hydrogens is 190 g/mol. The number of aromatic amines is 1. The zero-order chi connectivity index (χ0) is 10.4. The minimum Gasteiger partial charge on any atom is -0.504 e. The summed E-state index contributed by atoms with van der Waals surface area (Å²) in [6.45, 7) is 0. The maximum Gasteiger partial charge on any atom is 0.168 e. The third kappa shape index (κ3) is 1.05. The summed E-state index contributed by atoms with van der Waals surface area (Å²) in [6.07, 6.45) is 0. The van der Waals surface area contributed by atoms with Crippen LogP contribution in [0.25, 0.3) is 21.9 Å². The molecule has 0 unspecified atom stereocenters. The van der Waals surface area contributed by atoms with Gasteiger partial charge in [-0.15, -0.1) is 0 Å². The largest absolute Gasteiger partial charge is 0.504 e. The van der Waals surface area contributed by atoms with Crippen LogP contribution in [0.2, 0.25) is 0 Å². The number of nitrogen functional groups attached to an aromatic ring is 1. The van der Waals surface area contributed by atoms with Gasteiger partial charge >= 0.3 is 0 Å². The number of H-pyrrole nitrogens is 1. The van der Waals surface area contributed by atoms with Crippen molar-refractivity contribution in [2.45, 2.75) is 0 Å². The molecule has 0 bridgehead atoms. The number of anilines is 1. The van der Waals surface area contributed by atoms with Crippen molar-refractivity contribution < 1.29 is 5.11 Å². The van der Waals surface area contributed by atoms with Gasteiger partial charge in [0.05, 0.1) is 0 Å². The van der Waals surface area contributed by atoms with Gasteiger partial charge < -0.3 is 15.8 Å². The molecular formula is C11H9N3O. The highest BCUT2D eigenvalue weighted by Crippen LogP contribution is 2.29. The fourth-order valence-corrected chi connectivity index (χ4v) is 1.77. The lowest BCUT2D eigenvalue weighted by Crippen LogP contribution is -1.90. The lowest BCUT2D eigenvalue weighted by molar-refractivity contribution is 0.477. The van der Waals surface area contributed by atoms with Gasteiger partial charge in [0.2, 0.25) is 0 Å². The predicted octanol–water partition coefficient (Wildman–Crippen LogP) is 2.00. The van der Waals surface area contributed by atoms with Gasteiger partial charge in [0.1, 0.15) is 5.65 Å². The predicted molar refractivity (Wildman–Crippen MR) is 59.7 cm³/mol. The van der Waals surface area contributed by atoms with E-state index in [1.165, 1.54) is 0 Å². The highest BCUT2D eigenvalue weighted by molar-refractivity contribution is 6.06. The van der Waals surface area contributed by atoms with Gasteiger partial charge in [-0.1, -0.05) is 18.2 Å². The number of hydrogen-bond acceptors (Lipinski definition) is 3. The van der Waals surface area contributed by atoms with Crippen LogP contribution in [-0.4, -0.2) is 15.1 Å². The maximum absolute atomic E-state index is 9.49. The van der Waals surface area contributed by atoms with Gasteiger partial charge in [-0.3, -0.25) is 0 Å². The van der Waals surface area contributed by atoms with Crippen molar-refractivity contribution in [2.75, 3.05) is 5.73 Å². The van der Waals surface area contributed by atoms with Gasteiger partial charge in [0.15, 0.2) is 11.6 Å². The van der Waals surface area contributed by atoms with Gasteiger partial charge in [-0.05, 0) is 12.1 Å². The molecule has 0 aliphatic heterocycles. The highest BCUT2D eigenvalue weighted by atomic mass is 16.3. The number of aromatic nitrogens is 2. The normalized spacial score (nSPS) is 11.2. The van der Waals surface area contributed by atoms with E-state index < -0.39 is 0 Å². The van der Waals surface area contributed by atoms with E-state index in [1.807, 2.05) is 24.3 Å². The van der Waals surface area contributed by atoms with Crippen molar-refractivity contribution in [3.63, 3.8) is 0 Å². The molecule has 1 aromatic carbocycles. The summed E-state index contributed by atoms with van der Waals surface area (Å²) in [7, 11) is 0. The number of nitrogens with zero attached hydrogens (tertiary/aromatic N) is 1. The summed E-state index contributed by atoms with van der Waals surface area (Å²) in [4.78, 5) is 7.23. The Bertz CT molecular complexity index is 657. The SMILES string of the molecule is Nc1nc2[nH]c3ccccc3c2cc1O. The molecule has 2 heterocycles. The second-order valence-corrected chi connectivity index (χ2v) is 3.46. The molecule has 0 radical (unpaired) electrons. The molecule has 3 rings (SSSR count). The Morgan fingerprint density at radius 3 is 2.87 bits per heavy atom. The van der Waals surface area contributed by atoms with Gasteiger partial charge in [0, 0.05) is 16.3 Å². The first-order valence-corrected chi connectivity index (χ1v) is 4.61. The summed E-state index contributed by atoms with van der Waals surface area (Å²) < 4.78 is 0. The van der Waals surface area contributed by atoms with E-state index in [0.717, 1.165) is 16.3 Å². The molecule has 0 saturated heterocycles. The number of para-hydroxylation sites is 1. The van der Waals surface area contributed by atoms with E-state index in [9.17, 15) is 5.11 Å². The quantitative estimate of drug-likeness (QED) is 0.518. The van der Waals surface area contributed by atoms with Crippen LogP contribution in [0, 0.1) is 0 Å². The van der Waals surface area contributed by atoms with Crippen molar-refractivity contribution in [1.29, 1.82) is 0 Å². The van der Waals surface area contributed by atoms with Gasteiger partial charge in [-0.2, -0.15) is 0 Å². The molecule has 4 N–H and O–H groups in total. The fourth-order valence-electron chi connectivity index (χ4n) is 1.77. The van der Waals surface area contributed by atoms with Crippen LogP contribution in [0.4, 0.5) is 5.82 Å². The molecule has 4 heteroatoms. The summed E-state index contributed by atoms with van der Waals surface area (Å²) in [5.74, 6) is 0.168. The monoisotopic (exact) mass is 199 g/mol. The average Bonchev–Trinajstić information content (AvgIpc) is 2.57.